The van der Waals surface area contributed by atoms with Crippen LogP contribution in [0.15, 0.2) is 298 Å². The SMILES string of the molecule is CCc1ccccc1NOCc1cc2ccc3c4ccccc4[nH]c3c2c(N=Nc2ccc(N(c3ccc(N=Nc4c(O)c(C(=O)Nc5ccccc5CC)cc5ccc6c7ccccc7[nH]c6c45)cc3)c3ccc(N=Nc4c(N)c(C(=O)Nc5ccccc5CC)cc5ccc6c7ccccc7[nH]c6c45)cn3)cc2)c1O. The molecule has 0 aliphatic rings. The molecule has 0 fully saturated rings. The number of phenols is 2. The van der Waals surface area contributed by atoms with Crippen molar-refractivity contribution >= 4 is 184 Å². The Kier molecular flexibility index (Phi) is 17.8. The average Bonchev–Trinajstić information content (AvgIpc) is 1.54. The largest absolute Gasteiger partial charge is 0.505 e. The fraction of sp³-hybridized carbons (Fsp3) is 0.0761. The summed E-state index contributed by atoms with van der Waals surface area (Å²) >= 11 is 0. The molecule has 0 aliphatic carbocycles. The summed E-state index contributed by atoms with van der Waals surface area (Å²) in [6.07, 6.45) is 3.82. The molecule has 0 saturated carbocycles. The first-order valence-corrected chi connectivity index (χ1v) is 37.0. The van der Waals surface area contributed by atoms with E-state index in [1.165, 1.54) is 0 Å². The number of nitrogens with two attached hydrogens (primary N) is 1. The second kappa shape index (κ2) is 29.0. The van der Waals surface area contributed by atoms with E-state index in [1.54, 1.807) is 24.4 Å². The van der Waals surface area contributed by atoms with Gasteiger partial charge in [0.2, 0.25) is 0 Å². The third kappa shape index (κ3) is 12.5. The number of rotatable bonds is 20. The Labute approximate surface area is 640 Å². The minimum atomic E-state index is -0.501. The van der Waals surface area contributed by atoms with Crippen molar-refractivity contribution in [3.8, 4) is 11.5 Å². The van der Waals surface area contributed by atoms with Crippen LogP contribution >= 0.6 is 0 Å². The van der Waals surface area contributed by atoms with Gasteiger partial charge in [-0.3, -0.25) is 24.8 Å². The lowest BCUT2D eigenvalue weighted by molar-refractivity contribution is 0.101. The molecular weight excluding hydrogens is 1400 g/mol. The lowest BCUT2D eigenvalue weighted by Crippen LogP contribution is -2.15. The molecule has 18 aromatic rings. The van der Waals surface area contributed by atoms with Crippen LogP contribution in [-0.4, -0.2) is 42.0 Å². The summed E-state index contributed by atoms with van der Waals surface area (Å²) in [4.78, 5) is 52.6. The molecule has 14 aromatic carbocycles. The number of nitrogens with zero attached hydrogens (tertiary/aromatic N) is 8. The van der Waals surface area contributed by atoms with Crippen LogP contribution < -0.4 is 26.7 Å². The number of aryl methyl sites for hydroxylation is 3. The maximum absolute atomic E-state index is 14.4. The lowest BCUT2D eigenvalue weighted by Gasteiger charge is -2.24. The lowest BCUT2D eigenvalue weighted by atomic mass is 9.99. The van der Waals surface area contributed by atoms with E-state index in [0.717, 1.165) is 105 Å². The summed E-state index contributed by atoms with van der Waals surface area (Å²) in [5.41, 5.74) is 24.8. The number of aromatic hydroxyl groups is 2. The highest BCUT2D eigenvalue weighted by Gasteiger charge is 2.26. The molecule has 0 radical (unpaired) electrons. The van der Waals surface area contributed by atoms with Crippen LogP contribution in [0.4, 0.5) is 74.1 Å². The zero-order valence-electron chi connectivity index (χ0n) is 61.0. The van der Waals surface area contributed by atoms with Gasteiger partial charge in [-0.15, -0.1) is 20.5 Å². The van der Waals surface area contributed by atoms with E-state index in [4.69, 9.17) is 46.2 Å². The highest BCUT2D eigenvalue weighted by Crippen LogP contribution is 2.49. The summed E-state index contributed by atoms with van der Waals surface area (Å²) in [6.45, 7) is 6.16. The maximum atomic E-state index is 14.4. The number of aromatic nitrogens is 4. The van der Waals surface area contributed by atoms with Crippen LogP contribution in [0.1, 0.15) is 63.7 Å². The summed E-state index contributed by atoms with van der Waals surface area (Å²) < 4.78 is 0. The Hall–Kier alpha value is -14.9. The number of nitrogen functional groups attached to an aromatic ring is 1. The van der Waals surface area contributed by atoms with Gasteiger partial charge in [-0.05, 0) is 167 Å². The van der Waals surface area contributed by atoms with Crippen molar-refractivity contribution in [3.05, 3.63) is 300 Å². The van der Waals surface area contributed by atoms with Crippen molar-refractivity contribution in [2.75, 3.05) is 26.7 Å². The third-order valence-electron chi connectivity index (χ3n) is 20.9. The number of amides is 2. The molecule has 0 unspecified atom stereocenters. The number of anilines is 7. The number of aromatic amines is 3. The van der Waals surface area contributed by atoms with Crippen molar-refractivity contribution in [1.29, 1.82) is 0 Å². The van der Waals surface area contributed by atoms with E-state index in [-0.39, 0.29) is 52.2 Å². The molecule has 2 amide bonds. The summed E-state index contributed by atoms with van der Waals surface area (Å²) in [7, 11) is 0. The van der Waals surface area contributed by atoms with Gasteiger partial charge in [0, 0.05) is 93.3 Å². The second-order valence-electron chi connectivity index (χ2n) is 27.5. The maximum Gasteiger partial charge on any atom is 0.259 e. The van der Waals surface area contributed by atoms with Gasteiger partial charge in [-0.1, -0.05) is 166 Å². The van der Waals surface area contributed by atoms with Crippen LogP contribution in [-0.2, 0) is 30.7 Å². The number of benzene rings is 14. The molecule has 10 N–H and O–H groups in total. The quantitative estimate of drug-likeness (QED) is 0.0199. The predicted molar refractivity (Wildman–Crippen MR) is 451 cm³/mol. The van der Waals surface area contributed by atoms with Gasteiger partial charge in [-0.25, -0.2) is 4.98 Å². The Morgan fingerprint density at radius 2 is 0.812 bits per heavy atom. The van der Waals surface area contributed by atoms with Gasteiger partial charge >= 0.3 is 0 Å². The minimum Gasteiger partial charge on any atom is -0.505 e. The molecule has 4 aromatic heterocycles. The number of pyridine rings is 1. The van der Waals surface area contributed by atoms with Crippen LogP contribution in [0, 0.1) is 0 Å². The van der Waals surface area contributed by atoms with Gasteiger partial charge in [-0.2, -0.15) is 10.2 Å². The Bertz CT molecular complexity index is 6630. The second-order valence-corrected chi connectivity index (χ2v) is 27.5. The number of phenolic OH excluding ortho intramolecular Hbond substituents is 2. The number of carbonyl (C=O) groups excluding carboxylic acids is 2. The van der Waals surface area contributed by atoms with Crippen LogP contribution in [0.25, 0.3) is 97.7 Å². The molecule has 0 spiro atoms. The van der Waals surface area contributed by atoms with Gasteiger partial charge in [0.05, 0.1) is 56.6 Å². The van der Waals surface area contributed by atoms with E-state index in [0.29, 0.717) is 91.3 Å². The summed E-state index contributed by atoms with van der Waals surface area (Å²) in [6, 6.07) is 83.3. The predicted octanol–water partition coefficient (Wildman–Crippen LogP) is 24.9. The van der Waals surface area contributed by atoms with Crippen molar-refractivity contribution in [2.45, 2.75) is 46.6 Å². The molecule has 20 heteroatoms. The van der Waals surface area contributed by atoms with E-state index >= 15 is 0 Å². The molecule has 0 aliphatic heterocycles. The zero-order chi connectivity index (χ0) is 76.1. The Morgan fingerprint density at radius 3 is 1.30 bits per heavy atom. The molecule has 4 heterocycles. The fourth-order valence-corrected chi connectivity index (χ4v) is 15.2. The molecule has 0 bridgehead atoms. The fourth-order valence-electron chi connectivity index (χ4n) is 15.2. The summed E-state index contributed by atoms with van der Waals surface area (Å²) in [5, 5.41) is 70.0. The van der Waals surface area contributed by atoms with Crippen LogP contribution in [0.2, 0.25) is 0 Å². The smallest absolute Gasteiger partial charge is 0.259 e. The number of azo groups is 3. The van der Waals surface area contributed by atoms with E-state index in [2.05, 4.69) is 56.2 Å². The van der Waals surface area contributed by atoms with Crippen molar-refractivity contribution in [1.82, 2.24) is 19.9 Å². The topological polar surface area (TPSA) is 284 Å². The molecule has 18 rings (SSSR count). The number of carbonyl (C=O) groups is 2. The number of hydrogen-bond donors (Lipinski definition) is 9. The van der Waals surface area contributed by atoms with Gasteiger partial charge in [0.25, 0.3) is 11.8 Å². The van der Waals surface area contributed by atoms with Crippen molar-refractivity contribution < 1.29 is 24.6 Å². The van der Waals surface area contributed by atoms with Crippen molar-refractivity contribution in [2.24, 2.45) is 30.7 Å². The Balaban J connectivity index is 0.722. The van der Waals surface area contributed by atoms with Gasteiger partial charge < -0.3 is 41.5 Å². The molecule has 20 nitrogen and oxygen atoms in total. The molecule has 112 heavy (non-hydrogen) atoms. The molecule has 0 atom stereocenters. The highest BCUT2D eigenvalue weighted by atomic mass is 16.6. The van der Waals surface area contributed by atoms with E-state index in [9.17, 15) is 19.8 Å². The zero-order valence-corrected chi connectivity index (χ0v) is 61.0. The minimum absolute atomic E-state index is 0.0164. The number of H-pyrrole nitrogens is 3. The van der Waals surface area contributed by atoms with Crippen molar-refractivity contribution in [3.63, 3.8) is 0 Å². The highest BCUT2D eigenvalue weighted by molar-refractivity contribution is 6.26. The monoisotopic (exact) mass is 1470 g/mol. The number of nitrogens with one attached hydrogen (secondary N) is 6. The molecule has 544 valence electrons. The van der Waals surface area contributed by atoms with Crippen LogP contribution in [0.3, 0.4) is 0 Å². The third-order valence-corrected chi connectivity index (χ3v) is 20.9. The van der Waals surface area contributed by atoms with E-state index < -0.39 is 5.91 Å². The number of fused-ring (bicyclic) bond motifs is 15. The number of para-hydroxylation sites is 6. The standard InChI is InChI=1S/C92H71N15O5/c1-4-52-19-7-13-25-72(52)98-91(110)70-48-56-32-44-67-64-22-10-16-28-75(64)95-83(67)79(56)86(82(70)93)103-102-61-38-46-78(94-50-61)107(62-39-34-59(35-40-62)100-104-87-80-55(31-43-68-65-23-11-17-29-76(65)96-84(68)80)47-58(89(87)108)51-112-106-74-27-15-9-21-54(74)6-3)63-41-36-60(37-42-63)101-105-88-81-57(33-45-69-66-24-12-18-30-77(66)97-85(69)81)49-71(90(88)109)92(111)99-73-26-14-8-20-53(73)5-2/h7-50,95-97,106,108-109H,4-6,51,93H2,1-3H3,(H,98,110)(H,99,111). The van der Waals surface area contributed by atoms with Gasteiger partial charge in [0.1, 0.15) is 40.9 Å². The first-order valence-electron chi connectivity index (χ1n) is 37.0. The Morgan fingerprint density at radius 1 is 0.411 bits per heavy atom. The normalized spacial score (nSPS) is 12.0. The summed E-state index contributed by atoms with van der Waals surface area (Å²) in [5.74, 6) is -0.817. The first-order chi connectivity index (χ1) is 54.9. The average molecular weight is 1470 g/mol. The molecular formula is C92H71N15O5. The van der Waals surface area contributed by atoms with Crippen LogP contribution in [0.5, 0.6) is 11.5 Å². The first kappa shape index (κ1) is 68.9. The van der Waals surface area contributed by atoms with E-state index in [1.807, 2.05) is 243 Å². The number of hydrogen-bond acceptors (Lipinski definition) is 15. The molecule has 0 saturated heterocycles. The van der Waals surface area contributed by atoms with Gasteiger partial charge in [0.15, 0.2) is 5.75 Å².